The molecule has 0 aliphatic carbocycles. The fourth-order valence-corrected chi connectivity index (χ4v) is 3.07. The summed E-state index contributed by atoms with van der Waals surface area (Å²) in [5.41, 5.74) is -0.177. The molecule has 2 rings (SSSR count). The molecule has 2 fully saturated rings. The zero-order chi connectivity index (χ0) is 14.9. The lowest BCUT2D eigenvalue weighted by molar-refractivity contribution is -0.183. The lowest BCUT2D eigenvalue weighted by atomic mass is 9.87. The van der Waals surface area contributed by atoms with Crippen LogP contribution in [-0.4, -0.2) is 54.6 Å². The van der Waals surface area contributed by atoms with Gasteiger partial charge in [-0.3, -0.25) is 4.79 Å². The number of hydrogen-bond donors (Lipinski definition) is 0. The Labute approximate surface area is 121 Å². The van der Waals surface area contributed by atoms with Crippen LogP contribution in [0.25, 0.3) is 0 Å². The molecular weight excluding hydrogens is 258 g/mol. The molecule has 0 aromatic heterocycles. The van der Waals surface area contributed by atoms with Gasteiger partial charge in [-0.1, -0.05) is 0 Å². The number of rotatable bonds is 6. The van der Waals surface area contributed by atoms with E-state index in [-0.39, 0.29) is 35.9 Å². The summed E-state index contributed by atoms with van der Waals surface area (Å²) in [6.07, 6.45) is 0.791. The highest BCUT2D eigenvalue weighted by molar-refractivity contribution is 5.87. The number of fused-ring (bicyclic) bond motifs is 1. The summed E-state index contributed by atoms with van der Waals surface area (Å²) >= 11 is 0. The van der Waals surface area contributed by atoms with Gasteiger partial charge in [0.25, 0.3) is 0 Å². The normalized spacial score (nSPS) is 31.1. The van der Waals surface area contributed by atoms with Crippen molar-refractivity contribution >= 4 is 5.91 Å². The quantitative estimate of drug-likeness (QED) is 0.551. The van der Waals surface area contributed by atoms with Crippen LogP contribution in [0.4, 0.5) is 0 Å². The molecule has 1 unspecified atom stereocenters. The first-order chi connectivity index (χ1) is 9.33. The fraction of sp³-hybridized carbons (Fsp3) is 0.933. The van der Waals surface area contributed by atoms with Gasteiger partial charge >= 0.3 is 0 Å². The second kappa shape index (κ2) is 6.00. The van der Waals surface area contributed by atoms with Gasteiger partial charge < -0.3 is 19.1 Å². The van der Waals surface area contributed by atoms with Crippen LogP contribution in [0.1, 0.15) is 41.0 Å². The topological polar surface area (TPSA) is 48.0 Å². The molecule has 5 heteroatoms. The van der Waals surface area contributed by atoms with Gasteiger partial charge in [0.15, 0.2) is 6.29 Å². The Bertz CT molecular complexity index is 352. The standard InChI is InChI=1S/C15H27NO4/c1-6-18-10(2)19-9-11-13-12(20-15(3,4)5)7-8-16(13)14(11)17/h10-13H,6-9H2,1-5H3/t10?,11-,12+,13-/m1/s1. The van der Waals surface area contributed by atoms with Crippen molar-refractivity contribution in [3.05, 3.63) is 0 Å². The van der Waals surface area contributed by atoms with E-state index in [9.17, 15) is 4.79 Å². The first-order valence-corrected chi connectivity index (χ1v) is 7.55. The number of hydrogen-bond acceptors (Lipinski definition) is 4. The molecule has 2 saturated heterocycles. The maximum absolute atomic E-state index is 12.1. The lowest BCUT2D eigenvalue weighted by Gasteiger charge is -2.45. The predicted molar refractivity (Wildman–Crippen MR) is 75.3 cm³/mol. The van der Waals surface area contributed by atoms with Gasteiger partial charge in [0.2, 0.25) is 5.91 Å². The zero-order valence-corrected chi connectivity index (χ0v) is 13.2. The molecule has 116 valence electrons. The van der Waals surface area contributed by atoms with E-state index in [1.165, 1.54) is 0 Å². The molecule has 0 N–H and O–H groups in total. The summed E-state index contributed by atoms with van der Waals surface area (Å²) in [4.78, 5) is 14.0. The molecule has 0 aromatic carbocycles. The second-order valence-electron chi connectivity index (χ2n) is 6.54. The molecule has 5 nitrogen and oxygen atoms in total. The average molecular weight is 285 g/mol. The van der Waals surface area contributed by atoms with Gasteiger partial charge in [-0.25, -0.2) is 0 Å². The predicted octanol–water partition coefficient (Wildman–Crippen LogP) is 1.80. The van der Waals surface area contributed by atoms with Gasteiger partial charge in [-0.05, 0) is 41.0 Å². The van der Waals surface area contributed by atoms with Gasteiger partial charge in [0.1, 0.15) is 0 Å². The Morgan fingerprint density at radius 2 is 2.05 bits per heavy atom. The lowest BCUT2D eigenvalue weighted by Crippen LogP contribution is -2.63. The van der Waals surface area contributed by atoms with Crippen molar-refractivity contribution in [3.63, 3.8) is 0 Å². The van der Waals surface area contributed by atoms with Crippen LogP contribution < -0.4 is 0 Å². The van der Waals surface area contributed by atoms with Crippen molar-refractivity contribution in [2.45, 2.75) is 65.1 Å². The Balaban J connectivity index is 1.88. The SMILES string of the molecule is CCOC(C)OC[C@H]1C(=O)N2CC[C@H](OC(C)(C)C)[C@@H]12. The summed E-state index contributed by atoms with van der Waals surface area (Å²) in [5, 5.41) is 0. The van der Waals surface area contributed by atoms with Gasteiger partial charge in [-0.2, -0.15) is 0 Å². The summed E-state index contributed by atoms with van der Waals surface area (Å²) in [7, 11) is 0. The van der Waals surface area contributed by atoms with Crippen molar-refractivity contribution < 1.29 is 19.0 Å². The summed E-state index contributed by atoms with van der Waals surface area (Å²) in [5.74, 6) is 0.117. The average Bonchev–Trinajstić information content (AvgIpc) is 2.66. The van der Waals surface area contributed by atoms with E-state index < -0.39 is 0 Å². The van der Waals surface area contributed by atoms with Crippen molar-refractivity contribution in [3.8, 4) is 0 Å². The van der Waals surface area contributed by atoms with Crippen molar-refractivity contribution in [2.75, 3.05) is 19.8 Å². The van der Waals surface area contributed by atoms with E-state index in [0.717, 1.165) is 13.0 Å². The molecule has 0 aromatic rings. The Morgan fingerprint density at radius 3 is 2.65 bits per heavy atom. The first-order valence-electron chi connectivity index (χ1n) is 7.55. The Kier molecular flexibility index (Phi) is 4.72. The van der Waals surface area contributed by atoms with Crippen molar-refractivity contribution in [1.82, 2.24) is 4.90 Å². The van der Waals surface area contributed by atoms with Gasteiger partial charge in [0.05, 0.1) is 30.3 Å². The van der Waals surface area contributed by atoms with E-state index in [0.29, 0.717) is 13.2 Å². The summed E-state index contributed by atoms with van der Waals surface area (Å²) < 4.78 is 17.0. The maximum Gasteiger partial charge on any atom is 0.230 e. The summed E-state index contributed by atoms with van der Waals surface area (Å²) in [6.45, 7) is 11.8. The van der Waals surface area contributed by atoms with Crippen LogP contribution in [0.3, 0.4) is 0 Å². The number of amides is 1. The molecule has 2 heterocycles. The monoisotopic (exact) mass is 285 g/mol. The Morgan fingerprint density at radius 1 is 1.35 bits per heavy atom. The van der Waals surface area contributed by atoms with Gasteiger partial charge in [-0.15, -0.1) is 0 Å². The molecule has 2 aliphatic rings. The minimum atomic E-state index is -0.259. The number of nitrogens with zero attached hydrogens (tertiary/aromatic N) is 1. The molecule has 2 aliphatic heterocycles. The van der Waals surface area contributed by atoms with Crippen molar-refractivity contribution in [1.29, 1.82) is 0 Å². The molecule has 1 amide bonds. The minimum absolute atomic E-state index is 0.0762. The van der Waals surface area contributed by atoms with Crippen molar-refractivity contribution in [2.24, 2.45) is 5.92 Å². The van der Waals surface area contributed by atoms with E-state index in [1.54, 1.807) is 0 Å². The highest BCUT2D eigenvalue weighted by atomic mass is 16.7. The smallest absolute Gasteiger partial charge is 0.230 e. The van der Waals surface area contributed by atoms with E-state index in [2.05, 4.69) is 20.8 Å². The Hall–Kier alpha value is -0.650. The maximum atomic E-state index is 12.1. The first kappa shape index (κ1) is 15.7. The van der Waals surface area contributed by atoms with Crippen LogP contribution in [0.2, 0.25) is 0 Å². The molecular formula is C15H27NO4. The van der Waals surface area contributed by atoms with E-state index in [4.69, 9.17) is 14.2 Å². The largest absolute Gasteiger partial charge is 0.370 e. The molecule has 0 saturated carbocycles. The third-order valence-electron chi connectivity index (χ3n) is 3.82. The zero-order valence-electron chi connectivity index (χ0n) is 13.2. The highest BCUT2D eigenvalue weighted by Crippen LogP contribution is 2.39. The third kappa shape index (κ3) is 3.32. The second-order valence-corrected chi connectivity index (χ2v) is 6.54. The highest BCUT2D eigenvalue weighted by Gasteiger charge is 2.55. The fourth-order valence-electron chi connectivity index (χ4n) is 3.07. The number of ether oxygens (including phenoxy) is 3. The van der Waals surface area contributed by atoms with Crippen LogP contribution in [0.15, 0.2) is 0 Å². The number of carbonyl (C=O) groups is 1. The number of carbonyl (C=O) groups excluding carboxylic acids is 1. The molecule has 4 atom stereocenters. The molecule has 20 heavy (non-hydrogen) atoms. The molecule has 0 radical (unpaired) electrons. The minimum Gasteiger partial charge on any atom is -0.370 e. The summed E-state index contributed by atoms with van der Waals surface area (Å²) in [6, 6.07) is 0.176. The van der Waals surface area contributed by atoms with E-state index >= 15 is 0 Å². The number of β-lactam (4-membered cyclic amide) rings is 1. The third-order valence-corrected chi connectivity index (χ3v) is 3.82. The molecule has 0 spiro atoms. The van der Waals surface area contributed by atoms with Crippen LogP contribution in [0.5, 0.6) is 0 Å². The van der Waals surface area contributed by atoms with E-state index in [1.807, 2.05) is 18.7 Å². The van der Waals surface area contributed by atoms with Crippen LogP contribution in [0, 0.1) is 5.92 Å². The van der Waals surface area contributed by atoms with Gasteiger partial charge in [0, 0.05) is 13.2 Å². The molecule has 0 bridgehead atoms. The van der Waals surface area contributed by atoms with Crippen LogP contribution in [-0.2, 0) is 19.0 Å². The van der Waals surface area contributed by atoms with Crippen LogP contribution >= 0.6 is 0 Å².